The van der Waals surface area contributed by atoms with Gasteiger partial charge in [0.2, 0.25) is 0 Å². The van der Waals surface area contributed by atoms with Crippen LogP contribution in [0.5, 0.6) is 0 Å². The van der Waals surface area contributed by atoms with Gasteiger partial charge in [-0.3, -0.25) is 25.1 Å². The molecule has 0 aliphatic carbocycles. The molecule has 2 heterocycles. The van der Waals surface area contributed by atoms with Gasteiger partial charge in [-0.25, -0.2) is 9.97 Å². The Labute approximate surface area is 184 Å². The number of nitro groups is 2. The second-order valence-corrected chi connectivity index (χ2v) is 7.69. The molecule has 1 aliphatic rings. The Balaban J connectivity index is 1.46. The first-order valence-corrected chi connectivity index (χ1v) is 10.2. The predicted octanol–water partition coefficient (Wildman–Crippen LogP) is 3.59. The molecule has 0 radical (unpaired) electrons. The van der Waals surface area contributed by atoms with Crippen molar-refractivity contribution in [2.45, 2.75) is 13.5 Å². The van der Waals surface area contributed by atoms with Gasteiger partial charge in [0.25, 0.3) is 11.4 Å². The molecule has 4 rings (SSSR count). The van der Waals surface area contributed by atoms with Crippen molar-refractivity contribution in [3.63, 3.8) is 0 Å². The molecule has 3 aromatic rings. The van der Waals surface area contributed by atoms with Gasteiger partial charge in [-0.15, -0.1) is 0 Å². The minimum absolute atomic E-state index is 0.00363. The topological polar surface area (TPSA) is 119 Å². The van der Waals surface area contributed by atoms with Crippen molar-refractivity contribution < 1.29 is 9.85 Å². The van der Waals surface area contributed by atoms with Gasteiger partial charge in [0.15, 0.2) is 5.82 Å². The standard InChI is InChI=1S/C22H22N6O4/c1-16-12-21(24-22(23-16)18-5-3-7-20(14-18)28(31)32)26-10-8-25(9-11-26)15-17-4-2-6-19(13-17)27(29)30/h2-7,12-14H,8-11,15H2,1H3. The molecule has 10 heteroatoms. The number of nitrogens with zero attached hydrogens (tertiary/aromatic N) is 6. The van der Waals surface area contributed by atoms with E-state index in [9.17, 15) is 20.2 Å². The molecule has 0 atom stereocenters. The maximum Gasteiger partial charge on any atom is 0.270 e. The summed E-state index contributed by atoms with van der Waals surface area (Å²) in [7, 11) is 0. The molecule has 0 spiro atoms. The summed E-state index contributed by atoms with van der Waals surface area (Å²) < 4.78 is 0. The highest BCUT2D eigenvalue weighted by atomic mass is 16.6. The first-order chi connectivity index (χ1) is 15.4. The number of hydrogen-bond donors (Lipinski definition) is 0. The lowest BCUT2D eigenvalue weighted by Crippen LogP contribution is -2.46. The number of aromatic nitrogens is 2. The van der Waals surface area contributed by atoms with Crippen molar-refractivity contribution in [3.8, 4) is 11.4 Å². The molecule has 2 aromatic carbocycles. The molecule has 10 nitrogen and oxygen atoms in total. The molecule has 0 unspecified atom stereocenters. The number of hydrogen-bond acceptors (Lipinski definition) is 8. The molecular formula is C22H22N6O4. The lowest BCUT2D eigenvalue weighted by molar-refractivity contribution is -0.385. The zero-order valence-electron chi connectivity index (χ0n) is 17.5. The van der Waals surface area contributed by atoms with Crippen LogP contribution >= 0.6 is 0 Å². The van der Waals surface area contributed by atoms with Gasteiger partial charge in [0, 0.05) is 74.3 Å². The number of aryl methyl sites for hydroxylation is 1. The number of nitro benzene ring substituents is 2. The largest absolute Gasteiger partial charge is 0.354 e. The van der Waals surface area contributed by atoms with E-state index < -0.39 is 4.92 Å². The van der Waals surface area contributed by atoms with Crippen LogP contribution in [0, 0.1) is 27.2 Å². The van der Waals surface area contributed by atoms with E-state index in [1.165, 1.54) is 18.2 Å². The maximum absolute atomic E-state index is 11.1. The summed E-state index contributed by atoms with van der Waals surface area (Å²) in [6.07, 6.45) is 0. The number of anilines is 1. The molecule has 1 fully saturated rings. The Morgan fingerprint density at radius 1 is 0.875 bits per heavy atom. The van der Waals surface area contributed by atoms with E-state index in [2.05, 4.69) is 19.8 Å². The van der Waals surface area contributed by atoms with Crippen LogP contribution in [0.4, 0.5) is 17.2 Å². The molecule has 0 saturated carbocycles. The normalized spacial score (nSPS) is 14.3. The zero-order valence-corrected chi connectivity index (χ0v) is 17.5. The molecular weight excluding hydrogens is 412 g/mol. The first-order valence-electron chi connectivity index (χ1n) is 10.2. The highest BCUT2D eigenvalue weighted by Crippen LogP contribution is 2.24. The highest BCUT2D eigenvalue weighted by molar-refractivity contribution is 5.61. The molecule has 164 valence electrons. The van der Waals surface area contributed by atoms with Gasteiger partial charge in [-0.05, 0) is 12.5 Å². The van der Waals surface area contributed by atoms with Gasteiger partial charge >= 0.3 is 0 Å². The molecule has 0 amide bonds. The van der Waals surface area contributed by atoms with E-state index in [0.29, 0.717) is 17.9 Å². The molecule has 1 aromatic heterocycles. The average Bonchev–Trinajstić information content (AvgIpc) is 2.79. The fraction of sp³-hybridized carbons (Fsp3) is 0.273. The quantitative estimate of drug-likeness (QED) is 0.427. The van der Waals surface area contributed by atoms with E-state index in [1.54, 1.807) is 24.3 Å². The maximum atomic E-state index is 11.1. The van der Waals surface area contributed by atoms with Gasteiger partial charge in [-0.2, -0.15) is 0 Å². The van der Waals surface area contributed by atoms with Crippen LogP contribution in [0.1, 0.15) is 11.3 Å². The van der Waals surface area contributed by atoms with Crippen LogP contribution in [0.25, 0.3) is 11.4 Å². The summed E-state index contributed by atoms with van der Waals surface area (Å²) in [6, 6.07) is 15.0. The van der Waals surface area contributed by atoms with Crippen LogP contribution in [0.3, 0.4) is 0 Å². The SMILES string of the molecule is Cc1cc(N2CCN(Cc3cccc([N+](=O)[O-])c3)CC2)nc(-c2cccc([N+](=O)[O-])c2)n1. The fourth-order valence-electron chi connectivity index (χ4n) is 3.76. The van der Waals surface area contributed by atoms with E-state index in [0.717, 1.165) is 43.3 Å². The first kappa shape index (κ1) is 21.3. The van der Waals surface area contributed by atoms with Crippen LogP contribution < -0.4 is 4.90 Å². The smallest absolute Gasteiger partial charge is 0.270 e. The lowest BCUT2D eigenvalue weighted by atomic mass is 10.1. The summed E-state index contributed by atoms with van der Waals surface area (Å²) in [4.78, 5) is 34.8. The third-order valence-electron chi connectivity index (χ3n) is 5.38. The van der Waals surface area contributed by atoms with Crippen molar-refractivity contribution in [1.29, 1.82) is 0 Å². The van der Waals surface area contributed by atoms with Crippen molar-refractivity contribution >= 4 is 17.2 Å². The second-order valence-electron chi connectivity index (χ2n) is 7.69. The lowest BCUT2D eigenvalue weighted by Gasteiger charge is -2.35. The Morgan fingerprint density at radius 3 is 2.22 bits per heavy atom. The van der Waals surface area contributed by atoms with Crippen LogP contribution in [-0.2, 0) is 6.54 Å². The van der Waals surface area contributed by atoms with Crippen molar-refractivity contribution in [2.75, 3.05) is 31.1 Å². The molecule has 0 N–H and O–H groups in total. The van der Waals surface area contributed by atoms with Crippen molar-refractivity contribution in [2.24, 2.45) is 0 Å². The summed E-state index contributed by atoms with van der Waals surface area (Å²) in [5.41, 5.74) is 2.41. The van der Waals surface area contributed by atoms with E-state index in [-0.39, 0.29) is 16.3 Å². The van der Waals surface area contributed by atoms with Gasteiger partial charge in [-0.1, -0.05) is 24.3 Å². The minimum atomic E-state index is -0.430. The summed E-state index contributed by atoms with van der Waals surface area (Å²) in [5, 5.41) is 22.1. The third kappa shape index (κ3) is 4.86. The Morgan fingerprint density at radius 2 is 1.53 bits per heavy atom. The van der Waals surface area contributed by atoms with Gasteiger partial charge in [0.1, 0.15) is 5.82 Å². The summed E-state index contributed by atoms with van der Waals surface area (Å²) >= 11 is 0. The monoisotopic (exact) mass is 434 g/mol. The summed E-state index contributed by atoms with van der Waals surface area (Å²) in [6.45, 7) is 5.61. The second kappa shape index (κ2) is 9.06. The third-order valence-corrected chi connectivity index (χ3v) is 5.38. The van der Waals surface area contributed by atoms with E-state index in [1.807, 2.05) is 19.1 Å². The van der Waals surface area contributed by atoms with Gasteiger partial charge in [0.05, 0.1) is 9.85 Å². The highest BCUT2D eigenvalue weighted by Gasteiger charge is 2.20. The number of benzene rings is 2. The molecule has 1 saturated heterocycles. The molecule has 1 aliphatic heterocycles. The van der Waals surface area contributed by atoms with Crippen molar-refractivity contribution in [1.82, 2.24) is 14.9 Å². The van der Waals surface area contributed by atoms with Gasteiger partial charge < -0.3 is 4.90 Å². The Hall–Kier alpha value is -3.92. The Bertz CT molecular complexity index is 1160. The minimum Gasteiger partial charge on any atom is -0.354 e. The van der Waals surface area contributed by atoms with E-state index in [4.69, 9.17) is 0 Å². The van der Waals surface area contributed by atoms with Crippen LogP contribution in [-0.4, -0.2) is 50.9 Å². The van der Waals surface area contributed by atoms with Crippen LogP contribution in [0.15, 0.2) is 54.6 Å². The van der Waals surface area contributed by atoms with Crippen LogP contribution in [0.2, 0.25) is 0 Å². The molecule has 32 heavy (non-hydrogen) atoms. The van der Waals surface area contributed by atoms with Crippen molar-refractivity contribution in [3.05, 3.63) is 86.1 Å². The number of piperazine rings is 1. The number of non-ortho nitro benzene ring substituents is 2. The number of rotatable bonds is 6. The zero-order chi connectivity index (χ0) is 22.7. The Kier molecular flexibility index (Phi) is 6.04. The summed E-state index contributed by atoms with van der Waals surface area (Å²) in [5.74, 6) is 1.25. The van der Waals surface area contributed by atoms with E-state index >= 15 is 0 Å². The average molecular weight is 434 g/mol. The predicted molar refractivity (Wildman–Crippen MR) is 119 cm³/mol. The molecule has 0 bridgehead atoms. The fourth-order valence-corrected chi connectivity index (χ4v) is 3.76.